The molecule has 1 saturated carbocycles. The Kier molecular flexibility index (Phi) is 4.10. The lowest BCUT2D eigenvalue weighted by Gasteiger charge is -2.38. The lowest BCUT2D eigenvalue weighted by Crippen LogP contribution is -2.38. The van der Waals surface area contributed by atoms with Crippen LogP contribution in [0.2, 0.25) is 0 Å². The van der Waals surface area contributed by atoms with Gasteiger partial charge in [-0.15, -0.1) is 5.10 Å². The smallest absolute Gasteiger partial charge is 0.140 e. The number of halogens is 3. The lowest BCUT2D eigenvalue weighted by atomic mass is 9.66. The Morgan fingerprint density at radius 2 is 1.83 bits per heavy atom. The quantitative estimate of drug-likeness (QED) is 0.489. The van der Waals surface area contributed by atoms with Gasteiger partial charge in [0.05, 0.1) is 28.1 Å². The van der Waals surface area contributed by atoms with Crippen LogP contribution < -0.4 is 0 Å². The molecular weight excluding hydrogens is 450 g/mol. The van der Waals surface area contributed by atoms with Gasteiger partial charge in [0.1, 0.15) is 23.4 Å². The highest BCUT2D eigenvalue weighted by Crippen LogP contribution is 2.70. The summed E-state index contributed by atoms with van der Waals surface area (Å²) in [6, 6.07) is 11.2. The molecule has 2 bridgehead atoms. The first kappa shape index (κ1) is 19.3. The van der Waals surface area contributed by atoms with Crippen LogP contribution in [0.3, 0.4) is 0 Å². The van der Waals surface area contributed by atoms with Gasteiger partial charge >= 0.3 is 0 Å². The second-order valence-electron chi connectivity index (χ2n) is 8.49. The van der Waals surface area contributed by atoms with E-state index in [-0.39, 0.29) is 22.6 Å². The van der Waals surface area contributed by atoms with Crippen LogP contribution in [0.5, 0.6) is 0 Å². The molecule has 2 atom stereocenters. The number of hydrogen-bond donors (Lipinski definition) is 0. The van der Waals surface area contributed by atoms with Crippen molar-refractivity contribution in [1.29, 1.82) is 5.26 Å². The second kappa shape index (κ2) is 6.39. The van der Waals surface area contributed by atoms with Gasteiger partial charge in [0.15, 0.2) is 0 Å². The topological polar surface area (TPSA) is 62.5 Å². The highest BCUT2D eigenvalue weighted by Gasteiger charge is 2.65. The first-order valence-electron chi connectivity index (χ1n) is 9.71. The van der Waals surface area contributed by atoms with E-state index in [1.165, 1.54) is 18.2 Å². The molecule has 0 N–H and O–H groups in total. The molecule has 5 rings (SSSR count). The van der Waals surface area contributed by atoms with Gasteiger partial charge < -0.3 is 0 Å². The van der Waals surface area contributed by atoms with Gasteiger partial charge in [-0.1, -0.05) is 19.9 Å². The van der Waals surface area contributed by atoms with Crippen LogP contribution in [0.1, 0.15) is 55.3 Å². The fourth-order valence-corrected chi connectivity index (χ4v) is 6.08. The minimum atomic E-state index is -0.660. The molecule has 0 unspecified atom stereocenters. The third-order valence-corrected chi connectivity index (χ3v) is 7.61. The van der Waals surface area contributed by atoms with Gasteiger partial charge in [0.25, 0.3) is 0 Å². The zero-order valence-corrected chi connectivity index (χ0v) is 18.0. The predicted octanol–water partition coefficient (Wildman–Crippen LogP) is 5.65. The molecule has 30 heavy (non-hydrogen) atoms. The summed E-state index contributed by atoms with van der Waals surface area (Å²) in [5.74, 6) is -1.17. The Hall–Kier alpha value is -2.72. The molecule has 0 aliphatic heterocycles. The van der Waals surface area contributed by atoms with Crippen molar-refractivity contribution >= 4 is 15.9 Å². The monoisotopic (exact) mass is 466 g/mol. The molecule has 7 heteroatoms. The van der Waals surface area contributed by atoms with E-state index in [0.717, 1.165) is 34.3 Å². The Morgan fingerprint density at radius 3 is 2.53 bits per heavy atom. The van der Waals surface area contributed by atoms with Crippen LogP contribution in [-0.4, -0.2) is 15.2 Å². The molecule has 4 nitrogen and oxygen atoms in total. The Balaban J connectivity index is 1.76. The molecule has 0 amide bonds. The van der Waals surface area contributed by atoms with E-state index in [0.29, 0.717) is 5.69 Å². The largest absolute Gasteiger partial charge is 0.240 e. The first-order chi connectivity index (χ1) is 14.3. The SMILES string of the molecule is CC1(C)[C@H]2CC[C@@]1(c1nc(C#N)ccc1Br)c1nnc(-c3c(F)cccc3F)cc12. The molecule has 2 heterocycles. The summed E-state index contributed by atoms with van der Waals surface area (Å²) in [6.45, 7) is 4.34. The molecule has 150 valence electrons. The number of hydrogen-bond acceptors (Lipinski definition) is 4. The fourth-order valence-electron chi connectivity index (χ4n) is 5.52. The van der Waals surface area contributed by atoms with Crippen LogP contribution in [0, 0.1) is 28.4 Å². The number of aromatic nitrogens is 3. The summed E-state index contributed by atoms with van der Waals surface area (Å²) in [7, 11) is 0. The molecule has 3 aromatic rings. The zero-order chi connectivity index (χ0) is 21.3. The summed E-state index contributed by atoms with van der Waals surface area (Å²) in [5, 5.41) is 18.1. The van der Waals surface area contributed by atoms with Crippen LogP contribution in [0.25, 0.3) is 11.3 Å². The van der Waals surface area contributed by atoms with Gasteiger partial charge in [0, 0.05) is 4.47 Å². The number of benzene rings is 1. The van der Waals surface area contributed by atoms with Crippen LogP contribution in [0.15, 0.2) is 40.9 Å². The maximum Gasteiger partial charge on any atom is 0.140 e. The van der Waals surface area contributed by atoms with Gasteiger partial charge in [-0.25, -0.2) is 13.8 Å². The molecule has 2 aromatic heterocycles. The van der Waals surface area contributed by atoms with Crippen LogP contribution >= 0.6 is 15.9 Å². The number of pyridine rings is 1. The van der Waals surface area contributed by atoms with E-state index in [4.69, 9.17) is 0 Å². The highest BCUT2D eigenvalue weighted by molar-refractivity contribution is 9.10. The maximum atomic E-state index is 14.3. The minimum Gasteiger partial charge on any atom is -0.240 e. The number of nitrogens with zero attached hydrogens (tertiary/aromatic N) is 4. The van der Waals surface area contributed by atoms with Crippen molar-refractivity contribution in [3.63, 3.8) is 0 Å². The van der Waals surface area contributed by atoms with Crippen LogP contribution in [-0.2, 0) is 5.41 Å². The number of nitriles is 1. The van der Waals surface area contributed by atoms with E-state index in [1.54, 1.807) is 12.1 Å². The van der Waals surface area contributed by atoms with Gasteiger partial charge in [0.2, 0.25) is 0 Å². The third-order valence-electron chi connectivity index (χ3n) is 6.97. The van der Waals surface area contributed by atoms with Crippen molar-refractivity contribution in [2.75, 3.05) is 0 Å². The molecule has 1 aromatic carbocycles. The van der Waals surface area contributed by atoms with E-state index in [1.807, 2.05) is 6.07 Å². The summed E-state index contributed by atoms with van der Waals surface area (Å²) < 4.78 is 29.5. The van der Waals surface area contributed by atoms with E-state index >= 15 is 0 Å². The number of fused-ring (bicyclic) bond motifs is 5. The maximum absolute atomic E-state index is 14.3. The van der Waals surface area contributed by atoms with Crippen LogP contribution in [0.4, 0.5) is 8.78 Å². The normalized spacial score (nSPS) is 23.3. The van der Waals surface area contributed by atoms with Crippen molar-refractivity contribution in [3.8, 4) is 17.3 Å². The van der Waals surface area contributed by atoms with Crippen molar-refractivity contribution in [2.24, 2.45) is 5.41 Å². The molecule has 0 radical (unpaired) electrons. The highest BCUT2D eigenvalue weighted by atomic mass is 79.9. The van der Waals surface area contributed by atoms with Crippen molar-refractivity contribution in [2.45, 2.75) is 38.0 Å². The Bertz CT molecular complexity index is 1230. The Morgan fingerprint density at radius 1 is 1.10 bits per heavy atom. The summed E-state index contributed by atoms with van der Waals surface area (Å²) in [5.41, 5.74) is 2.11. The minimum absolute atomic E-state index is 0.149. The second-order valence-corrected chi connectivity index (χ2v) is 9.34. The Labute approximate surface area is 181 Å². The fraction of sp³-hybridized carbons (Fsp3) is 0.304. The molecular formula is C23H17BrF2N4. The molecule has 2 aliphatic rings. The van der Waals surface area contributed by atoms with E-state index < -0.39 is 17.0 Å². The molecule has 0 saturated heterocycles. The van der Waals surface area contributed by atoms with E-state index in [9.17, 15) is 14.0 Å². The summed E-state index contributed by atoms with van der Waals surface area (Å²) in [6.07, 6.45) is 1.72. The predicted molar refractivity (Wildman–Crippen MR) is 111 cm³/mol. The lowest BCUT2D eigenvalue weighted by molar-refractivity contribution is 0.242. The average Bonchev–Trinajstić information content (AvgIpc) is 3.09. The first-order valence-corrected chi connectivity index (χ1v) is 10.5. The molecule has 1 fully saturated rings. The third kappa shape index (κ3) is 2.31. The van der Waals surface area contributed by atoms with Gasteiger partial charge in [-0.05, 0) is 76.0 Å². The van der Waals surface area contributed by atoms with Crippen molar-refractivity contribution < 1.29 is 8.78 Å². The molecule has 2 aliphatic carbocycles. The van der Waals surface area contributed by atoms with Gasteiger partial charge in [-0.2, -0.15) is 10.4 Å². The van der Waals surface area contributed by atoms with Gasteiger partial charge in [-0.3, -0.25) is 0 Å². The van der Waals surface area contributed by atoms with E-state index in [2.05, 4.69) is 51.0 Å². The molecule has 0 spiro atoms. The van der Waals surface area contributed by atoms with Crippen molar-refractivity contribution in [1.82, 2.24) is 15.2 Å². The standard InChI is InChI=1S/C23H17BrF2N4/c1-22(2)14-8-9-23(22,21-15(24)7-6-12(11-27)28-21)20-13(14)10-18(29-30-20)19-16(25)4-3-5-17(19)26/h3-7,10,14H,8-9H2,1-2H3/t14-,23-/m0/s1. The zero-order valence-electron chi connectivity index (χ0n) is 16.4. The van der Waals surface area contributed by atoms with Crippen molar-refractivity contribution in [3.05, 3.63) is 75.2 Å². The number of rotatable bonds is 2. The summed E-state index contributed by atoms with van der Waals surface area (Å²) in [4.78, 5) is 4.65. The average molecular weight is 467 g/mol. The summed E-state index contributed by atoms with van der Waals surface area (Å²) >= 11 is 3.62.